The topological polar surface area (TPSA) is 118 Å². The van der Waals surface area contributed by atoms with E-state index in [1.54, 1.807) is 24.3 Å². The van der Waals surface area contributed by atoms with Gasteiger partial charge in [-0.15, -0.1) is 0 Å². The predicted molar refractivity (Wildman–Crippen MR) is 86.6 cm³/mol. The van der Waals surface area contributed by atoms with Crippen molar-refractivity contribution < 1.29 is 19.3 Å². The molecule has 9 nitrogen and oxygen atoms in total. The van der Waals surface area contributed by atoms with Crippen molar-refractivity contribution in [2.24, 2.45) is 0 Å². The summed E-state index contributed by atoms with van der Waals surface area (Å²) in [7, 11) is 0. The molecule has 0 saturated heterocycles. The first-order valence-electron chi connectivity index (χ1n) is 7.17. The largest absolute Gasteiger partial charge is 0.454 e. The second kappa shape index (κ2) is 5.41. The smallest absolute Gasteiger partial charge is 0.303 e. The highest BCUT2D eigenvalue weighted by molar-refractivity contribution is 5.97. The number of nitro benzene ring substituents is 1. The summed E-state index contributed by atoms with van der Waals surface area (Å²) in [5.74, 6) is 0.503. The van der Waals surface area contributed by atoms with Crippen LogP contribution < -0.4 is 9.47 Å². The number of ether oxygens (including phenoxy) is 2. The Morgan fingerprint density at radius 1 is 1.00 bits per heavy atom. The third-order valence-electron chi connectivity index (χ3n) is 3.90. The van der Waals surface area contributed by atoms with Crippen molar-refractivity contribution in [3.63, 3.8) is 0 Å². The van der Waals surface area contributed by atoms with Crippen LogP contribution in [0.25, 0.3) is 22.0 Å². The molecule has 1 aliphatic heterocycles. The minimum atomic E-state index is -0.627. The molecule has 0 fully saturated rings. The van der Waals surface area contributed by atoms with E-state index in [9.17, 15) is 20.2 Å². The molecule has 9 heteroatoms. The van der Waals surface area contributed by atoms with Gasteiger partial charge in [-0.05, 0) is 6.07 Å². The van der Waals surface area contributed by atoms with Gasteiger partial charge in [-0.3, -0.25) is 20.2 Å². The summed E-state index contributed by atoms with van der Waals surface area (Å²) >= 11 is 0. The molecule has 0 bridgehead atoms. The summed E-state index contributed by atoms with van der Waals surface area (Å²) in [5, 5.41) is 24.0. The Labute approximate surface area is 139 Å². The molecule has 2 heterocycles. The molecule has 4 rings (SSSR count). The maximum atomic E-state index is 11.7. The number of hydrogen-bond donors (Lipinski definition) is 0. The van der Waals surface area contributed by atoms with Gasteiger partial charge in [-0.2, -0.15) is 0 Å². The van der Waals surface area contributed by atoms with Gasteiger partial charge in [-0.25, -0.2) is 4.98 Å². The van der Waals surface area contributed by atoms with Crippen molar-refractivity contribution in [2.45, 2.75) is 0 Å². The fourth-order valence-corrected chi connectivity index (χ4v) is 2.80. The van der Waals surface area contributed by atoms with E-state index in [0.29, 0.717) is 10.8 Å². The van der Waals surface area contributed by atoms with E-state index in [4.69, 9.17) is 9.47 Å². The normalized spacial score (nSPS) is 12.3. The van der Waals surface area contributed by atoms with Crippen LogP contribution in [0.2, 0.25) is 0 Å². The van der Waals surface area contributed by atoms with E-state index in [-0.39, 0.29) is 40.9 Å². The van der Waals surface area contributed by atoms with Crippen molar-refractivity contribution in [1.82, 2.24) is 4.98 Å². The Bertz CT molecular complexity index is 1050. The maximum absolute atomic E-state index is 11.7. The van der Waals surface area contributed by atoms with E-state index in [2.05, 4.69) is 4.98 Å². The molecule has 2 aromatic carbocycles. The highest BCUT2D eigenvalue weighted by atomic mass is 16.7. The molecule has 0 aliphatic carbocycles. The van der Waals surface area contributed by atoms with Crippen molar-refractivity contribution in [1.29, 1.82) is 0 Å². The number of nitrogens with zero attached hydrogens (tertiary/aromatic N) is 3. The SMILES string of the molecule is O=[N+]([O-])c1cc2c(cc1-c1ncc3ccccc3c1[N+](=O)[O-])OCO2. The zero-order valence-corrected chi connectivity index (χ0v) is 12.5. The third-order valence-corrected chi connectivity index (χ3v) is 3.90. The standard InChI is InChI=1S/C16H9N3O6/c20-18(21)12-6-14-13(24-8-25-14)5-11(12)15-16(19(22)23)10-4-2-1-3-9(10)7-17-15/h1-7H,8H2. The van der Waals surface area contributed by atoms with Gasteiger partial charge >= 0.3 is 5.69 Å². The highest BCUT2D eigenvalue weighted by Crippen LogP contribution is 2.45. The van der Waals surface area contributed by atoms with Crippen molar-refractivity contribution in [3.05, 3.63) is 62.8 Å². The summed E-state index contributed by atoms with van der Waals surface area (Å²) in [4.78, 5) is 26.0. The number of nitro groups is 2. The van der Waals surface area contributed by atoms with Crippen LogP contribution in [0.5, 0.6) is 11.5 Å². The monoisotopic (exact) mass is 339 g/mol. The first-order valence-corrected chi connectivity index (χ1v) is 7.17. The van der Waals surface area contributed by atoms with E-state index < -0.39 is 9.85 Å². The average Bonchev–Trinajstić information content (AvgIpc) is 3.06. The van der Waals surface area contributed by atoms with Gasteiger partial charge < -0.3 is 9.47 Å². The van der Waals surface area contributed by atoms with Gasteiger partial charge in [0.2, 0.25) is 6.79 Å². The zero-order valence-electron chi connectivity index (χ0n) is 12.5. The first-order chi connectivity index (χ1) is 12.1. The number of pyridine rings is 1. The quantitative estimate of drug-likeness (QED) is 0.529. The molecule has 0 N–H and O–H groups in total. The maximum Gasteiger partial charge on any atom is 0.303 e. The van der Waals surface area contributed by atoms with Gasteiger partial charge in [0.05, 0.1) is 26.9 Å². The fourth-order valence-electron chi connectivity index (χ4n) is 2.80. The molecule has 1 aromatic heterocycles. The van der Waals surface area contributed by atoms with E-state index >= 15 is 0 Å². The fraction of sp³-hybridized carbons (Fsp3) is 0.0625. The lowest BCUT2D eigenvalue weighted by atomic mass is 10.0. The Kier molecular flexibility index (Phi) is 3.21. The average molecular weight is 339 g/mol. The first kappa shape index (κ1) is 14.8. The summed E-state index contributed by atoms with van der Waals surface area (Å²) in [5.41, 5.74) is -0.712. The van der Waals surface area contributed by atoms with Crippen LogP contribution in [0.15, 0.2) is 42.6 Å². The molecule has 0 amide bonds. The Morgan fingerprint density at radius 3 is 2.44 bits per heavy atom. The molecule has 0 saturated carbocycles. The molecule has 3 aromatic rings. The minimum absolute atomic E-state index is 0.00621. The lowest BCUT2D eigenvalue weighted by molar-refractivity contribution is -0.385. The summed E-state index contributed by atoms with van der Waals surface area (Å²) in [6, 6.07) is 9.21. The van der Waals surface area contributed by atoms with Crippen LogP contribution in [0.3, 0.4) is 0 Å². The van der Waals surface area contributed by atoms with Gasteiger partial charge in [0.1, 0.15) is 0 Å². The molecule has 0 unspecified atom stereocenters. The van der Waals surface area contributed by atoms with Crippen LogP contribution in [0.4, 0.5) is 11.4 Å². The third kappa shape index (κ3) is 2.29. The Morgan fingerprint density at radius 2 is 1.72 bits per heavy atom. The number of hydrogen-bond acceptors (Lipinski definition) is 7. The van der Waals surface area contributed by atoms with Crippen LogP contribution >= 0.6 is 0 Å². The Balaban J connectivity index is 2.07. The van der Waals surface area contributed by atoms with E-state index in [1.165, 1.54) is 18.3 Å². The second-order valence-corrected chi connectivity index (χ2v) is 5.28. The second-order valence-electron chi connectivity index (χ2n) is 5.28. The molecule has 124 valence electrons. The van der Waals surface area contributed by atoms with Gasteiger partial charge in [0, 0.05) is 17.6 Å². The number of aromatic nitrogens is 1. The molecule has 0 atom stereocenters. The van der Waals surface area contributed by atoms with Crippen molar-refractivity contribution in [2.75, 3.05) is 6.79 Å². The zero-order chi connectivity index (χ0) is 17.6. The summed E-state index contributed by atoms with van der Waals surface area (Å²) < 4.78 is 10.4. The van der Waals surface area contributed by atoms with Crippen LogP contribution in [0.1, 0.15) is 0 Å². The van der Waals surface area contributed by atoms with Gasteiger partial charge in [-0.1, -0.05) is 18.2 Å². The van der Waals surface area contributed by atoms with Gasteiger partial charge in [0.15, 0.2) is 17.2 Å². The molecule has 0 radical (unpaired) electrons. The van der Waals surface area contributed by atoms with Crippen LogP contribution in [-0.2, 0) is 0 Å². The summed E-state index contributed by atoms with van der Waals surface area (Å²) in [6.45, 7) is -0.0663. The van der Waals surface area contributed by atoms with Crippen LogP contribution in [0, 0.1) is 20.2 Å². The van der Waals surface area contributed by atoms with Crippen molar-refractivity contribution in [3.8, 4) is 22.8 Å². The predicted octanol–water partition coefficient (Wildman–Crippen LogP) is 3.45. The number of fused-ring (bicyclic) bond motifs is 2. The Hall–Kier alpha value is -3.75. The van der Waals surface area contributed by atoms with E-state index in [0.717, 1.165) is 0 Å². The number of benzene rings is 2. The lowest BCUT2D eigenvalue weighted by Crippen LogP contribution is -1.99. The molecule has 1 aliphatic rings. The highest BCUT2D eigenvalue weighted by Gasteiger charge is 2.30. The van der Waals surface area contributed by atoms with Crippen LogP contribution in [-0.4, -0.2) is 21.6 Å². The molecule has 25 heavy (non-hydrogen) atoms. The van der Waals surface area contributed by atoms with Crippen molar-refractivity contribution >= 4 is 22.1 Å². The molecular formula is C16H9N3O6. The lowest BCUT2D eigenvalue weighted by Gasteiger charge is -2.07. The molecular weight excluding hydrogens is 330 g/mol. The summed E-state index contributed by atoms with van der Waals surface area (Å²) in [6.07, 6.45) is 1.45. The van der Waals surface area contributed by atoms with E-state index in [1.807, 2.05) is 0 Å². The molecule has 0 spiro atoms. The van der Waals surface area contributed by atoms with Gasteiger partial charge in [0.25, 0.3) is 5.69 Å². The number of rotatable bonds is 3. The minimum Gasteiger partial charge on any atom is -0.454 e.